The van der Waals surface area contributed by atoms with Gasteiger partial charge in [-0.2, -0.15) is 0 Å². The summed E-state index contributed by atoms with van der Waals surface area (Å²) in [5.74, 6) is 0. The molecule has 2 aliphatic rings. The molecule has 1 aromatic rings. The second kappa shape index (κ2) is 6.25. The van der Waals surface area contributed by atoms with E-state index in [2.05, 4.69) is 42.6 Å². The lowest BCUT2D eigenvalue weighted by molar-refractivity contribution is -0.185. The average molecular weight is 275 g/mol. The second-order valence-electron chi connectivity index (χ2n) is 5.97. The Bertz CT molecular complexity index is 414. The lowest BCUT2D eigenvalue weighted by atomic mass is 9.81. The maximum Gasteiger partial charge on any atom is 0.0857 e. The first-order valence-electron chi connectivity index (χ1n) is 7.86. The molecule has 2 unspecified atom stereocenters. The normalized spacial score (nSPS) is 29.4. The Hall–Kier alpha value is -0.900. The van der Waals surface area contributed by atoms with Crippen LogP contribution in [0, 0.1) is 0 Å². The van der Waals surface area contributed by atoms with E-state index in [0.717, 1.165) is 45.4 Å². The van der Waals surface area contributed by atoms with Gasteiger partial charge in [-0.15, -0.1) is 0 Å². The summed E-state index contributed by atoms with van der Waals surface area (Å²) in [4.78, 5) is 0. The van der Waals surface area contributed by atoms with Crippen molar-refractivity contribution in [2.75, 3.05) is 19.7 Å². The van der Waals surface area contributed by atoms with Crippen LogP contribution >= 0.6 is 0 Å². The van der Waals surface area contributed by atoms with Gasteiger partial charge in [-0.05, 0) is 38.4 Å². The van der Waals surface area contributed by atoms with E-state index in [0.29, 0.717) is 6.10 Å². The molecule has 2 aliphatic heterocycles. The third-order valence-corrected chi connectivity index (χ3v) is 4.56. The molecule has 0 saturated carbocycles. The van der Waals surface area contributed by atoms with Crippen molar-refractivity contribution in [1.29, 1.82) is 0 Å². The van der Waals surface area contributed by atoms with Crippen LogP contribution in [0.5, 0.6) is 0 Å². The van der Waals surface area contributed by atoms with Crippen LogP contribution in [0.25, 0.3) is 0 Å². The Morgan fingerprint density at radius 1 is 1.25 bits per heavy atom. The predicted octanol–water partition coefficient (Wildman–Crippen LogP) is 3.07. The first kappa shape index (κ1) is 14.1. The number of benzene rings is 1. The van der Waals surface area contributed by atoms with E-state index in [1.54, 1.807) is 0 Å². The Labute approximate surface area is 121 Å². The van der Waals surface area contributed by atoms with Crippen molar-refractivity contribution in [3.8, 4) is 0 Å². The molecule has 2 fully saturated rings. The van der Waals surface area contributed by atoms with Gasteiger partial charge in [0.1, 0.15) is 0 Å². The summed E-state index contributed by atoms with van der Waals surface area (Å²) in [6.07, 6.45) is 4.73. The van der Waals surface area contributed by atoms with Gasteiger partial charge in [-0.25, -0.2) is 0 Å². The maximum absolute atomic E-state index is 6.56. The largest absolute Gasteiger partial charge is 0.378 e. The molecule has 20 heavy (non-hydrogen) atoms. The first-order valence-corrected chi connectivity index (χ1v) is 7.86. The van der Waals surface area contributed by atoms with E-state index >= 15 is 0 Å². The summed E-state index contributed by atoms with van der Waals surface area (Å²) in [5.41, 5.74) is 1.30. The zero-order valence-corrected chi connectivity index (χ0v) is 12.3. The van der Waals surface area contributed by atoms with Crippen LogP contribution in [-0.4, -0.2) is 31.4 Å². The third kappa shape index (κ3) is 3.05. The van der Waals surface area contributed by atoms with Gasteiger partial charge in [0.15, 0.2) is 0 Å². The number of rotatable bonds is 3. The Balaban J connectivity index is 1.79. The molecule has 0 radical (unpaired) electrons. The molecule has 1 N–H and O–H groups in total. The molecule has 3 heteroatoms. The Morgan fingerprint density at radius 3 is 2.70 bits per heavy atom. The van der Waals surface area contributed by atoms with E-state index in [-0.39, 0.29) is 11.7 Å². The lowest BCUT2D eigenvalue weighted by Gasteiger charge is -2.47. The molecule has 110 valence electrons. The van der Waals surface area contributed by atoms with Crippen molar-refractivity contribution < 1.29 is 9.47 Å². The van der Waals surface area contributed by atoms with Crippen LogP contribution in [-0.2, 0) is 9.47 Å². The minimum absolute atomic E-state index is 0.0177. The maximum atomic E-state index is 6.56. The zero-order chi connectivity index (χ0) is 13.8. The molecule has 3 rings (SSSR count). The molecular formula is C17H25NO2. The first-order chi connectivity index (χ1) is 9.81. The standard InChI is InChI=1S/C17H25NO2/c1-2-19-15-12-16(14-6-4-3-5-7-14)20-17(13-15)8-10-18-11-9-17/h3-7,15-16,18H,2,8-13H2,1H3. The van der Waals surface area contributed by atoms with Gasteiger partial charge in [-0.3, -0.25) is 0 Å². The van der Waals surface area contributed by atoms with Crippen LogP contribution in [0.1, 0.15) is 44.3 Å². The predicted molar refractivity (Wildman–Crippen MR) is 79.8 cm³/mol. The van der Waals surface area contributed by atoms with Gasteiger partial charge in [0.05, 0.1) is 17.8 Å². The van der Waals surface area contributed by atoms with Gasteiger partial charge in [0.2, 0.25) is 0 Å². The van der Waals surface area contributed by atoms with E-state index < -0.39 is 0 Å². The molecule has 0 aliphatic carbocycles. The van der Waals surface area contributed by atoms with E-state index in [9.17, 15) is 0 Å². The highest BCUT2D eigenvalue weighted by Crippen LogP contribution is 2.42. The van der Waals surface area contributed by atoms with Crippen molar-refractivity contribution >= 4 is 0 Å². The molecule has 0 aromatic heterocycles. The average Bonchev–Trinajstić information content (AvgIpc) is 2.49. The summed E-state index contributed by atoms with van der Waals surface area (Å²) in [6.45, 7) is 4.99. The van der Waals surface area contributed by atoms with Crippen LogP contribution in [0.3, 0.4) is 0 Å². The monoisotopic (exact) mass is 275 g/mol. The summed E-state index contributed by atoms with van der Waals surface area (Å²) < 4.78 is 12.5. The fourth-order valence-electron chi connectivity index (χ4n) is 3.57. The lowest BCUT2D eigenvalue weighted by Crippen LogP contribution is -2.50. The molecule has 3 nitrogen and oxygen atoms in total. The molecule has 1 spiro atoms. The topological polar surface area (TPSA) is 30.5 Å². The van der Waals surface area contributed by atoms with E-state index in [1.165, 1.54) is 5.56 Å². The molecule has 0 amide bonds. The fourth-order valence-corrected chi connectivity index (χ4v) is 3.57. The molecule has 2 heterocycles. The van der Waals surface area contributed by atoms with Gasteiger partial charge in [0, 0.05) is 19.4 Å². The van der Waals surface area contributed by atoms with Gasteiger partial charge >= 0.3 is 0 Å². The molecule has 1 aromatic carbocycles. The van der Waals surface area contributed by atoms with E-state index in [4.69, 9.17) is 9.47 Å². The SMILES string of the molecule is CCOC1CC(c2ccccc2)OC2(CCNCC2)C1. The quantitative estimate of drug-likeness (QED) is 0.919. The highest BCUT2D eigenvalue weighted by molar-refractivity contribution is 5.19. The van der Waals surface area contributed by atoms with Crippen LogP contribution in [0.4, 0.5) is 0 Å². The summed E-state index contributed by atoms with van der Waals surface area (Å²) in [5, 5.41) is 3.44. The summed E-state index contributed by atoms with van der Waals surface area (Å²) in [6, 6.07) is 10.6. The Morgan fingerprint density at radius 2 is 2.00 bits per heavy atom. The van der Waals surface area contributed by atoms with Crippen LogP contribution in [0.15, 0.2) is 30.3 Å². The second-order valence-corrected chi connectivity index (χ2v) is 5.97. The third-order valence-electron chi connectivity index (χ3n) is 4.56. The van der Waals surface area contributed by atoms with Crippen molar-refractivity contribution in [2.24, 2.45) is 0 Å². The highest BCUT2D eigenvalue weighted by atomic mass is 16.5. The molecule has 0 bridgehead atoms. The molecular weight excluding hydrogens is 250 g/mol. The molecule has 2 atom stereocenters. The van der Waals surface area contributed by atoms with Crippen molar-refractivity contribution in [3.05, 3.63) is 35.9 Å². The van der Waals surface area contributed by atoms with Crippen LogP contribution in [0.2, 0.25) is 0 Å². The van der Waals surface area contributed by atoms with Crippen LogP contribution < -0.4 is 5.32 Å². The highest BCUT2D eigenvalue weighted by Gasteiger charge is 2.43. The van der Waals surface area contributed by atoms with Gasteiger partial charge in [-0.1, -0.05) is 30.3 Å². The number of nitrogens with one attached hydrogen (secondary N) is 1. The number of ether oxygens (including phenoxy) is 2. The molecule has 2 saturated heterocycles. The number of hydrogen-bond donors (Lipinski definition) is 1. The van der Waals surface area contributed by atoms with Crippen molar-refractivity contribution in [3.63, 3.8) is 0 Å². The fraction of sp³-hybridized carbons (Fsp3) is 0.647. The zero-order valence-electron chi connectivity index (χ0n) is 12.3. The van der Waals surface area contributed by atoms with Crippen molar-refractivity contribution in [1.82, 2.24) is 5.32 Å². The smallest absolute Gasteiger partial charge is 0.0857 e. The Kier molecular flexibility index (Phi) is 4.39. The minimum Gasteiger partial charge on any atom is -0.378 e. The number of piperidine rings is 1. The van der Waals surface area contributed by atoms with Crippen molar-refractivity contribution in [2.45, 2.75) is 50.4 Å². The van der Waals surface area contributed by atoms with Gasteiger partial charge < -0.3 is 14.8 Å². The summed E-state index contributed by atoms with van der Waals surface area (Å²) >= 11 is 0. The van der Waals surface area contributed by atoms with Gasteiger partial charge in [0.25, 0.3) is 0 Å². The van der Waals surface area contributed by atoms with E-state index in [1.807, 2.05) is 0 Å². The number of hydrogen-bond acceptors (Lipinski definition) is 3. The minimum atomic E-state index is 0.0177. The summed E-state index contributed by atoms with van der Waals surface area (Å²) in [7, 11) is 0.